The fourth-order valence-electron chi connectivity index (χ4n) is 1.57. The van der Waals surface area contributed by atoms with Crippen molar-refractivity contribution in [2.45, 2.75) is 19.1 Å². The first-order chi connectivity index (χ1) is 7.96. The lowest BCUT2D eigenvalue weighted by atomic mass is 10.0. The van der Waals surface area contributed by atoms with Crippen LogP contribution in [0.15, 0.2) is 18.2 Å². The molecular formula is C11H13Cl2NO3. The SMILES string of the molecule is CCC(OC)(OC(N)=O)c1cccc(Cl)c1Cl. The van der Waals surface area contributed by atoms with Gasteiger partial charge in [0, 0.05) is 19.1 Å². The summed E-state index contributed by atoms with van der Waals surface area (Å²) in [6, 6.07) is 5.00. The number of halogens is 2. The molecule has 6 heteroatoms. The van der Waals surface area contributed by atoms with E-state index in [9.17, 15) is 4.79 Å². The highest BCUT2D eigenvalue weighted by Crippen LogP contribution is 2.38. The molecule has 1 amide bonds. The highest BCUT2D eigenvalue weighted by Gasteiger charge is 2.36. The Morgan fingerprint density at radius 1 is 1.47 bits per heavy atom. The van der Waals surface area contributed by atoms with Crippen LogP contribution in [0.5, 0.6) is 0 Å². The molecule has 1 atom stereocenters. The third kappa shape index (κ3) is 2.83. The molecule has 2 N–H and O–H groups in total. The normalized spacial score (nSPS) is 14.1. The molecule has 1 aromatic carbocycles. The van der Waals surface area contributed by atoms with Crippen molar-refractivity contribution in [3.63, 3.8) is 0 Å². The van der Waals surface area contributed by atoms with E-state index in [1.807, 2.05) is 0 Å². The van der Waals surface area contributed by atoms with E-state index in [-0.39, 0.29) is 5.02 Å². The Hall–Kier alpha value is -0.970. The number of carbonyl (C=O) groups is 1. The van der Waals surface area contributed by atoms with E-state index in [0.29, 0.717) is 17.0 Å². The van der Waals surface area contributed by atoms with Crippen LogP contribution in [0.3, 0.4) is 0 Å². The van der Waals surface area contributed by atoms with Crippen molar-refractivity contribution in [1.82, 2.24) is 0 Å². The molecule has 0 bridgehead atoms. The van der Waals surface area contributed by atoms with Crippen LogP contribution in [0.1, 0.15) is 18.9 Å². The van der Waals surface area contributed by atoms with E-state index < -0.39 is 11.9 Å². The number of hydrogen-bond donors (Lipinski definition) is 1. The second-order valence-corrected chi connectivity index (χ2v) is 4.12. The van der Waals surface area contributed by atoms with Gasteiger partial charge >= 0.3 is 6.09 Å². The first kappa shape index (κ1) is 14.1. The van der Waals surface area contributed by atoms with Crippen molar-refractivity contribution >= 4 is 29.3 Å². The Kier molecular flexibility index (Phi) is 4.62. The predicted molar refractivity (Wildman–Crippen MR) is 66.1 cm³/mol. The number of methoxy groups -OCH3 is 1. The van der Waals surface area contributed by atoms with Crippen molar-refractivity contribution in [2.24, 2.45) is 5.73 Å². The maximum absolute atomic E-state index is 10.9. The second-order valence-electron chi connectivity index (χ2n) is 3.33. The summed E-state index contributed by atoms with van der Waals surface area (Å²) in [6.45, 7) is 1.78. The largest absolute Gasteiger partial charge is 0.413 e. The molecule has 0 saturated heterocycles. The van der Waals surface area contributed by atoms with Gasteiger partial charge in [-0.05, 0) is 6.07 Å². The molecule has 0 aliphatic carbocycles. The van der Waals surface area contributed by atoms with Crippen LogP contribution in [-0.2, 0) is 15.3 Å². The molecule has 1 unspecified atom stereocenters. The number of amides is 1. The zero-order valence-corrected chi connectivity index (χ0v) is 11.0. The second kappa shape index (κ2) is 5.58. The Bertz CT molecular complexity index is 419. The van der Waals surface area contributed by atoms with E-state index in [4.69, 9.17) is 38.4 Å². The Balaban J connectivity index is 3.31. The number of primary amides is 1. The van der Waals surface area contributed by atoms with E-state index >= 15 is 0 Å². The summed E-state index contributed by atoms with van der Waals surface area (Å²) in [7, 11) is 1.41. The molecule has 0 heterocycles. The summed E-state index contributed by atoms with van der Waals surface area (Å²) in [4.78, 5) is 10.9. The molecule has 0 spiro atoms. The average Bonchev–Trinajstić information content (AvgIpc) is 2.30. The van der Waals surface area contributed by atoms with Crippen LogP contribution in [0.4, 0.5) is 4.79 Å². The number of carbonyl (C=O) groups excluding carboxylic acids is 1. The lowest BCUT2D eigenvalue weighted by Crippen LogP contribution is -2.36. The molecule has 17 heavy (non-hydrogen) atoms. The molecule has 1 aromatic rings. The number of rotatable bonds is 4. The van der Waals surface area contributed by atoms with Crippen LogP contribution in [0.25, 0.3) is 0 Å². The van der Waals surface area contributed by atoms with Crippen LogP contribution in [0.2, 0.25) is 10.0 Å². The highest BCUT2D eigenvalue weighted by molar-refractivity contribution is 6.42. The zero-order chi connectivity index (χ0) is 13.1. The zero-order valence-electron chi connectivity index (χ0n) is 9.50. The molecule has 0 saturated carbocycles. The molecular weight excluding hydrogens is 265 g/mol. The summed E-state index contributed by atoms with van der Waals surface area (Å²) >= 11 is 12.0. The first-order valence-corrected chi connectivity index (χ1v) is 5.70. The molecule has 0 aromatic heterocycles. The van der Waals surface area contributed by atoms with E-state index in [1.54, 1.807) is 25.1 Å². The van der Waals surface area contributed by atoms with Crippen molar-refractivity contribution in [2.75, 3.05) is 7.11 Å². The molecule has 1 rings (SSSR count). The summed E-state index contributed by atoms with van der Waals surface area (Å²) < 4.78 is 10.3. The minimum atomic E-state index is -1.31. The van der Waals surface area contributed by atoms with E-state index in [1.165, 1.54) is 7.11 Å². The van der Waals surface area contributed by atoms with Crippen molar-refractivity contribution in [3.05, 3.63) is 33.8 Å². The van der Waals surface area contributed by atoms with Gasteiger partial charge in [-0.15, -0.1) is 0 Å². The lowest BCUT2D eigenvalue weighted by Gasteiger charge is -2.31. The van der Waals surface area contributed by atoms with Gasteiger partial charge in [-0.3, -0.25) is 0 Å². The van der Waals surface area contributed by atoms with Crippen molar-refractivity contribution in [1.29, 1.82) is 0 Å². The molecule has 0 fully saturated rings. The topological polar surface area (TPSA) is 61.6 Å². The maximum Gasteiger partial charge on any atom is 0.407 e. The van der Waals surface area contributed by atoms with Crippen molar-refractivity contribution in [3.8, 4) is 0 Å². The number of nitrogens with two attached hydrogens (primary N) is 1. The van der Waals surface area contributed by atoms with E-state index in [2.05, 4.69) is 0 Å². The summed E-state index contributed by atoms with van der Waals surface area (Å²) in [5.74, 6) is -1.31. The van der Waals surface area contributed by atoms with Gasteiger partial charge in [-0.2, -0.15) is 0 Å². The Labute approximate surface area is 110 Å². The molecule has 0 radical (unpaired) electrons. The van der Waals surface area contributed by atoms with Gasteiger partial charge in [0.25, 0.3) is 0 Å². The van der Waals surface area contributed by atoms with Gasteiger partial charge in [-0.25, -0.2) is 4.79 Å². The van der Waals surface area contributed by atoms with Crippen LogP contribution in [-0.4, -0.2) is 13.2 Å². The smallest absolute Gasteiger partial charge is 0.407 e. The molecule has 4 nitrogen and oxygen atoms in total. The third-order valence-electron chi connectivity index (χ3n) is 2.42. The first-order valence-electron chi connectivity index (χ1n) is 4.95. The highest BCUT2D eigenvalue weighted by atomic mass is 35.5. The number of benzene rings is 1. The van der Waals surface area contributed by atoms with Crippen molar-refractivity contribution < 1.29 is 14.3 Å². The van der Waals surface area contributed by atoms with Crippen LogP contribution < -0.4 is 5.73 Å². The fourth-order valence-corrected chi connectivity index (χ4v) is 2.02. The van der Waals surface area contributed by atoms with Gasteiger partial charge in [0.2, 0.25) is 5.79 Å². The van der Waals surface area contributed by atoms with Gasteiger partial charge in [0.05, 0.1) is 10.0 Å². The third-order valence-corrected chi connectivity index (χ3v) is 3.24. The molecule has 0 aliphatic rings. The maximum atomic E-state index is 10.9. The summed E-state index contributed by atoms with van der Waals surface area (Å²) in [6.07, 6.45) is -0.586. The van der Waals surface area contributed by atoms with Crippen LogP contribution in [0, 0.1) is 0 Å². The summed E-state index contributed by atoms with van der Waals surface area (Å²) in [5.41, 5.74) is 5.51. The van der Waals surface area contributed by atoms with Crippen LogP contribution >= 0.6 is 23.2 Å². The number of hydrogen-bond acceptors (Lipinski definition) is 3. The van der Waals surface area contributed by atoms with Gasteiger partial charge in [-0.1, -0.05) is 42.3 Å². The fraction of sp³-hybridized carbons (Fsp3) is 0.364. The minimum absolute atomic E-state index is 0.277. The quantitative estimate of drug-likeness (QED) is 0.859. The predicted octanol–water partition coefficient (Wildman–Crippen LogP) is 3.30. The summed E-state index contributed by atoms with van der Waals surface area (Å²) in [5, 5.41) is 0.631. The van der Waals surface area contributed by atoms with Gasteiger partial charge < -0.3 is 15.2 Å². The Morgan fingerprint density at radius 2 is 2.12 bits per heavy atom. The lowest BCUT2D eigenvalue weighted by molar-refractivity contribution is -0.193. The average molecular weight is 278 g/mol. The minimum Gasteiger partial charge on any atom is -0.413 e. The standard InChI is InChI=1S/C11H13Cl2NO3/c1-3-11(16-2,17-10(14)15)7-5-4-6-8(12)9(7)13/h4-6H,3H2,1-2H3,(H2,14,15). The van der Waals surface area contributed by atoms with Gasteiger partial charge in [0.1, 0.15) is 0 Å². The van der Waals surface area contributed by atoms with E-state index in [0.717, 1.165) is 0 Å². The molecule has 0 aliphatic heterocycles. The Morgan fingerprint density at radius 3 is 2.59 bits per heavy atom. The monoisotopic (exact) mass is 277 g/mol. The number of ether oxygens (including phenoxy) is 2. The van der Waals surface area contributed by atoms with Gasteiger partial charge in [0.15, 0.2) is 0 Å². The molecule has 94 valence electrons.